The van der Waals surface area contributed by atoms with Crippen molar-refractivity contribution in [2.24, 2.45) is 0 Å². The van der Waals surface area contributed by atoms with Crippen molar-refractivity contribution in [1.82, 2.24) is 0 Å². The van der Waals surface area contributed by atoms with Crippen LogP contribution in [0.3, 0.4) is 0 Å². The van der Waals surface area contributed by atoms with Crippen LogP contribution >= 0.6 is 11.6 Å². The number of nitrogens with zero attached hydrogens (tertiary/aromatic N) is 1. The monoisotopic (exact) mass is 306 g/mol. The van der Waals surface area contributed by atoms with Crippen LogP contribution in [0.4, 0.5) is 11.4 Å². The van der Waals surface area contributed by atoms with Gasteiger partial charge in [0.15, 0.2) is 0 Å². The molecule has 0 bridgehead atoms. The first-order valence-corrected chi connectivity index (χ1v) is 6.35. The van der Waals surface area contributed by atoms with Gasteiger partial charge in [0.2, 0.25) is 0 Å². The second-order valence-corrected chi connectivity index (χ2v) is 4.71. The minimum atomic E-state index is -1.02. The summed E-state index contributed by atoms with van der Waals surface area (Å²) in [4.78, 5) is 21.3. The number of carboxylic acid groups (broad SMARTS) is 1. The molecule has 7 heteroatoms. The maximum absolute atomic E-state index is 11.0. The number of hydrogen-bond donors (Lipinski definition) is 2. The molecule has 0 fully saturated rings. The fourth-order valence-electron chi connectivity index (χ4n) is 1.82. The number of hydrogen-bond acceptors (Lipinski definition) is 4. The van der Waals surface area contributed by atoms with Crippen LogP contribution in [0, 0.1) is 10.1 Å². The van der Waals surface area contributed by atoms with E-state index in [4.69, 9.17) is 16.7 Å². The summed E-state index contributed by atoms with van der Waals surface area (Å²) in [6.45, 7) is 0.267. The summed E-state index contributed by atoms with van der Waals surface area (Å²) in [5.41, 5.74) is 1.07. The number of nitro groups is 1. The van der Waals surface area contributed by atoms with Gasteiger partial charge in [-0.05, 0) is 29.8 Å². The third-order valence-corrected chi connectivity index (χ3v) is 3.05. The molecule has 0 spiro atoms. The van der Waals surface area contributed by atoms with E-state index in [0.29, 0.717) is 11.3 Å². The van der Waals surface area contributed by atoms with E-state index in [1.165, 1.54) is 24.3 Å². The fraction of sp³-hybridized carbons (Fsp3) is 0.0714. The van der Waals surface area contributed by atoms with Gasteiger partial charge in [-0.3, -0.25) is 10.1 Å². The number of halogens is 1. The number of nitro benzene ring substituents is 1. The Morgan fingerprint density at radius 1 is 1.29 bits per heavy atom. The topological polar surface area (TPSA) is 92.5 Å². The molecule has 2 N–H and O–H groups in total. The number of carboxylic acids is 1. The van der Waals surface area contributed by atoms with Crippen molar-refractivity contribution in [3.8, 4) is 0 Å². The van der Waals surface area contributed by atoms with E-state index < -0.39 is 10.9 Å². The lowest BCUT2D eigenvalue weighted by atomic mass is 10.1. The Morgan fingerprint density at radius 2 is 2.05 bits per heavy atom. The fourth-order valence-corrected chi connectivity index (χ4v) is 1.98. The van der Waals surface area contributed by atoms with Crippen molar-refractivity contribution < 1.29 is 14.8 Å². The molecule has 21 heavy (non-hydrogen) atoms. The number of nitrogens with one attached hydrogen (secondary N) is 1. The molecule has 2 aromatic rings. The van der Waals surface area contributed by atoms with E-state index in [9.17, 15) is 14.9 Å². The molecule has 0 atom stereocenters. The maximum Gasteiger partial charge on any atom is 0.335 e. The Morgan fingerprint density at radius 3 is 2.71 bits per heavy atom. The highest BCUT2D eigenvalue weighted by Crippen LogP contribution is 2.28. The molecule has 6 nitrogen and oxygen atoms in total. The van der Waals surface area contributed by atoms with Gasteiger partial charge in [0, 0.05) is 17.6 Å². The molecule has 0 aliphatic rings. The Bertz CT molecular complexity index is 703. The standard InChI is InChI=1S/C14H11ClN2O4/c15-11-4-5-12(13(7-11)17(20)21)16-8-9-2-1-3-10(6-9)14(18)19/h1-7,16H,8H2,(H,18,19). The SMILES string of the molecule is O=C(O)c1cccc(CNc2ccc(Cl)cc2[N+](=O)[O-])c1. The molecule has 0 unspecified atom stereocenters. The summed E-state index contributed by atoms with van der Waals surface area (Å²) < 4.78 is 0. The molecule has 0 amide bonds. The summed E-state index contributed by atoms with van der Waals surface area (Å²) in [5, 5.41) is 23.1. The first-order chi connectivity index (χ1) is 9.97. The van der Waals surface area contributed by atoms with E-state index in [0.717, 1.165) is 0 Å². The molecule has 0 heterocycles. The first kappa shape index (κ1) is 14.8. The molecular formula is C14H11ClN2O4. The minimum Gasteiger partial charge on any atom is -0.478 e. The first-order valence-electron chi connectivity index (χ1n) is 5.97. The average Bonchev–Trinajstić information content (AvgIpc) is 2.46. The van der Waals surface area contributed by atoms with Crippen molar-refractivity contribution in [3.63, 3.8) is 0 Å². The zero-order valence-corrected chi connectivity index (χ0v) is 11.5. The largest absolute Gasteiger partial charge is 0.478 e. The predicted octanol–water partition coefficient (Wildman–Crippen LogP) is 3.56. The van der Waals surface area contributed by atoms with Crippen molar-refractivity contribution in [1.29, 1.82) is 0 Å². The van der Waals surface area contributed by atoms with Crippen molar-refractivity contribution >= 4 is 28.9 Å². The number of rotatable bonds is 5. The Balaban J connectivity index is 2.18. The molecule has 0 radical (unpaired) electrons. The van der Waals surface area contributed by atoms with Crippen LogP contribution in [-0.2, 0) is 6.54 Å². The van der Waals surface area contributed by atoms with Gasteiger partial charge in [0.1, 0.15) is 5.69 Å². The van der Waals surface area contributed by atoms with Crippen molar-refractivity contribution in [3.05, 3.63) is 68.7 Å². The highest BCUT2D eigenvalue weighted by atomic mass is 35.5. The van der Waals surface area contributed by atoms with E-state index >= 15 is 0 Å². The minimum absolute atomic E-state index is 0.128. The van der Waals surface area contributed by atoms with Crippen LogP contribution < -0.4 is 5.32 Å². The normalized spacial score (nSPS) is 10.1. The number of benzene rings is 2. The smallest absolute Gasteiger partial charge is 0.335 e. The zero-order chi connectivity index (χ0) is 15.4. The van der Waals surface area contributed by atoms with Gasteiger partial charge in [-0.25, -0.2) is 4.79 Å². The van der Waals surface area contributed by atoms with E-state index in [2.05, 4.69) is 5.32 Å². The second kappa shape index (κ2) is 6.23. The highest BCUT2D eigenvalue weighted by Gasteiger charge is 2.14. The predicted molar refractivity (Wildman–Crippen MR) is 78.8 cm³/mol. The van der Waals surface area contributed by atoms with E-state index in [1.807, 2.05) is 0 Å². The van der Waals surface area contributed by atoms with Gasteiger partial charge in [-0.1, -0.05) is 23.7 Å². The molecule has 0 aliphatic heterocycles. The van der Waals surface area contributed by atoms with E-state index in [-0.39, 0.29) is 22.8 Å². The molecule has 0 aromatic heterocycles. The highest BCUT2D eigenvalue weighted by molar-refractivity contribution is 6.30. The molecule has 0 saturated carbocycles. The summed E-state index contributed by atoms with van der Waals surface area (Å²) >= 11 is 5.74. The summed E-state index contributed by atoms with van der Waals surface area (Å²) in [7, 11) is 0. The summed E-state index contributed by atoms with van der Waals surface area (Å²) in [6.07, 6.45) is 0. The van der Waals surface area contributed by atoms with Gasteiger partial charge in [-0.2, -0.15) is 0 Å². The van der Waals surface area contributed by atoms with Crippen LogP contribution in [-0.4, -0.2) is 16.0 Å². The average molecular weight is 307 g/mol. The van der Waals surface area contributed by atoms with Crippen LogP contribution in [0.15, 0.2) is 42.5 Å². The number of carbonyl (C=O) groups is 1. The number of aromatic carboxylic acids is 1. The van der Waals surface area contributed by atoms with Gasteiger partial charge in [0.05, 0.1) is 10.5 Å². The summed E-state index contributed by atoms with van der Waals surface area (Å²) in [5.74, 6) is -1.02. The molecule has 2 aromatic carbocycles. The molecule has 0 aliphatic carbocycles. The van der Waals surface area contributed by atoms with Gasteiger partial charge < -0.3 is 10.4 Å². The van der Waals surface area contributed by atoms with Crippen LogP contribution in [0.1, 0.15) is 15.9 Å². The molecule has 0 saturated heterocycles. The quantitative estimate of drug-likeness (QED) is 0.651. The van der Waals surface area contributed by atoms with Gasteiger partial charge >= 0.3 is 5.97 Å². The molecule has 108 valence electrons. The van der Waals surface area contributed by atoms with Crippen molar-refractivity contribution in [2.45, 2.75) is 6.54 Å². The van der Waals surface area contributed by atoms with Crippen LogP contribution in [0.5, 0.6) is 0 Å². The lowest BCUT2D eigenvalue weighted by Crippen LogP contribution is -2.04. The molecular weight excluding hydrogens is 296 g/mol. The third kappa shape index (κ3) is 3.70. The van der Waals surface area contributed by atoms with Crippen LogP contribution in [0.25, 0.3) is 0 Å². The zero-order valence-electron chi connectivity index (χ0n) is 10.7. The van der Waals surface area contributed by atoms with Crippen molar-refractivity contribution in [2.75, 3.05) is 5.32 Å². The van der Waals surface area contributed by atoms with Crippen LogP contribution in [0.2, 0.25) is 5.02 Å². The van der Waals surface area contributed by atoms with Gasteiger partial charge in [-0.15, -0.1) is 0 Å². The molecule has 2 rings (SSSR count). The van der Waals surface area contributed by atoms with E-state index in [1.54, 1.807) is 18.2 Å². The lowest BCUT2D eigenvalue weighted by Gasteiger charge is -2.08. The van der Waals surface area contributed by atoms with Gasteiger partial charge in [0.25, 0.3) is 5.69 Å². The summed E-state index contributed by atoms with van der Waals surface area (Å²) in [6, 6.07) is 10.7. The second-order valence-electron chi connectivity index (χ2n) is 4.28. The Hall–Kier alpha value is -2.60. The third-order valence-electron chi connectivity index (χ3n) is 2.81. The number of anilines is 1. The maximum atomic E-state index is 11.0. The Kier molecular flexibility index (Phi) is 4.39. The lowest BCUT2D eigenvalue weighted by molar-refractivity contribution is -0.383. The Labute approximate surface area is 125 Å².